The summed E-state index contributed by atoms with van der Waals surface area (Å²) in [4.78, 5) is 0. The van der Waals surface area contributed by atoms with E-state index in [1.807, 2.05) is 6.07 Å². The first kappa shape index (κ1) is 12.0. The lowest BCUT2D eigenvalue weighted by molar-refractivity contribution is 0.136. The molecule has 2 heteroatoms. The predicted octanol–water partition coefficient (Wildman–Crippen LogP) is 3.43. The van der Waals surface area contributed by atoms with Crippen molar-refractivity contribution >= 4 is 5.69 Å². The summed E-state index contributed by atoms with van der Waals surface area (Å²) in [7, 11) is 0. The second-order valence-corrected chi connectivity index (χ2v) is 6.12. The molecule has 0 saturated heterocycles. The summed E-state index contributed by atoms with van der Waals surface area (Å²) in [6, 6.07) is 10.3. The maximum Gasteiger partial charge on any atom is 0.0661 e. The summed E-state index contributed by atoms with van der Waals surface area (Å²) >= 11 is 0. The molecule has 0 spiro atoms. The normalized spacial score (nSPS) is 32.2. The highest BCUT2D eigenvalue weighted by molar-refractivity contribution is 5.45. The quantitative estimate of drug-likeness (QED) is 0.851. The minimum Gasteiger partial charge on any atom is -0.394 e. The molecule has 2 aliphatic carbocycles. The van der Waals surface area contributed by atoms with Crippen LogP contribution in [0.4, 0.5) is 5.69 Å². The molecule has 0 aromatic heterocycles. The third-order valence-electron chi connectivity index (χ3n) is 4.66. The number of nitrogens with one attached hydrogen (secondary N) is 1. The van der Waals surface area contributed by atoms with E-state index in [2.05, 4.69) is 29.6 Å². The fraction of sp³-hybridized carbons (Fsp3) is 0.625. The summed E-state index contributed by atoms with van der Waals surface area (Å²) < 4.78 is 0. The number of hydrogen-bond donors (Lipinski definition) is 2. The van der Waals surface area contributed by atoms with Crippen LogP contribution in [0.3, 0.4) is 0 Å². The zero-order valence-electron chi connectivity index (χ0n) is 10.9. The largest absolute Gasteiger partial charge is 0.394 e. The van der Waals surface area contributed by atoms with Gasteiger partial charge in [-0.2, -0.15) is 0 Å². The van der Waals surface area contributed by atoms with Gasteiger partial charge in [-0.3, -0.25) is 0 Å². The predicted molar refractivity (Wildman–Crippen MR) is 74.6 cm³/mol. The second-order valence-electron chi connectivity index (χ2n) is 6.12. The molecule has 98 valence electrons. The van der Waals surface area contributed by atoms with Gasteiger partial charge in [-0.05, 0) is 49.7 Å². The molecule has 0 radical (unpaired) electrons. The van der Waals surface area contributed by atoms with Crippen LogP contribution in [-0.2, 0) is 0 Å². The Morgan fingerprint density at radius 3 is 2.56 bits per heavy atom. The maximum atomic E-state index is 9.86. The monoisotopic (exact) mass is 245 g/mol. The molecule has 1 aromatic rings. The number of anilines is 1. The lowest BCUT2D eigenvalue weighted by Crippen LogP contribution is -2.46. The molecule has 2 fully saturated rings. The highest BCUT2D eigenvalue weighted by Crippen LogP contribution is 2.47. The smallest absolute Gasteiger partial charge is 0.0661 e. The molecule has 0 bridgehead atoms. The van der Waals surface area contributed by atoms with E-state index >= 15 is 0 Å². The van der Waals surface area contributed by atoms with Gasteiger partial charge >= 0.3 is 0 Å². The van der Waals surface area contributed by atoms with E-state index in [0.29, 0.717) is 0 Å². The molecule has 3 rings (SSSR count). The summed E-state index contributed by atoms with van der Waals surface area (Å²) in [6.07, 6.45) is 7.68. The molecule has 0 aliphatic heterocycles. The molecule has 0 amide bonds. The van der Waals surface area contributed by atoms with Crippen LogP contribution in [0, 0.1) is 11.8 Å². The Kier molecular flexibility index (Phi) is 3.29. The SMILES string of the molecule is OCC1(Nc2ccccc2)CCCC(C2CC2)C1. The van der Waals surface area contributed by atoms with E-state index in [1.165, 1.54) is 25.7 Å². The summed E-state index contributed by atoms with van der Waals surface area (Å²) in [6.45, 7) is 0.255. The van der Waals surface area contributed by atoms with Crippen molar-refractivity contribution in [2.75, 3.05) is 11.9 Å². The first-order valence-corrected chi connectivity index (χ1v) is 7.25. The van der Waals surface area contributed by atoms with Crippen molar-refractivity contribution in [1.29, 1.82) is 0 Å². The first-order chi connectivity index (χ1) is 8.81. The van der Waals surface area contributed by atoms with Crippen molar-refractivity contribution in [3.05, 3.63) is 30.3 Å². The van der Waals surface area contributed by atoms with Crippen molar-refractivity contribution in [2.45, 2.75) is 44.1 Å². The van der Waals surface area contributed by atoms with E-state index in [-0.39, 0.29) is 12.1 Å². The van der Waals surface area contributed by atoms with Crippen molar-refractivity contribution in [2.24, 2.45) is 11.8 Å². The maximum absolute atomic E-state index is 9.86. The molecule has 0 heterocycles. The van der Waals surface area contributed by atoms with Gasteiger partial charge < -0.3 is 10.4 Å². The molecular weight excluding hydrogens is 222 g/mol. The molecule has 2 atom stereocenters. The Labute approximate surface area is 109 Å². The minimum atomic E-state index is -0.0765. The van der Waals surface area contributed by atoms with E-state index in [0.717, 1.165) is 30.4 Å². The van der Waals surface area contributed by atoms with Crippen LogP contribution < -0.4 is 5.32 Å². The lowest BCUT2D eigenvalue weighted by atomic mass is 9.74. The van der Waals surface area contributed by atoms with Crippen LogP contribution in [-0.4, -0.2) is 17.3 Å². The van der Waals surface area contributed by atoms with Crippen molar-refractivity contribution in [3.63, 3.8) is 0 Å². The van der Waals surface area contributed by atoms with Gasteiger partial charge in [0.25, 0.3) is 0 Å². The topological polar surface area (TPSA) is 32.3 Å². The molecule has 1 aromatic carbocycles. The van der Waals surface area contributed by atoms with Gasteiger partial charge in [0.2, 0.25) is 0 Å². The third kappa shape index (κ3) is 2.54. The molecule has 2 saturated carbocycles. The van der Waals surface area contributed by atoms with Crippen molar-refractivity contribution in [1.82, 2.24) is 0 Å². The first-order valence-electron chi connectivity index (χ1n) is 7.25. The average Bonchev–Trinajstić information content (AvgIpc) is 3.24. The molecule has 2 aliphatic rings. The lowest BCUT2D eigenvalue weighted by Gasteiger charge is -2.41. The third-order valence-corrected chi connectivity index (χ3v) is 4.66. The Balaban J connectivity index is 1.72. The van der Waals surface area contributed by atoms with Crippen LogP contribution >= 0.6 is 0 Å². The number of benzene rings is 1. The van der Waals surface area contributed by atoms with Crippen molar-refractivity contribution < 1.29 is 5.11 Å². The van der Waals surface area contributed by atoms with Gasteiger partial charge in [-0.1, -0.05) is 31.0 Å². The Hall–Kier alpha value is -1.02. The second kappa shape index (κ2) is 4.93. The zero-order chi connectivity index (χ0) is 12.4. The van der Waals surface area contributed by atoms with Gasteiger partial charge in [0, 0.05) is 5.69 Å². The van der Waals surface area contributed by atoms with Gasteiger partial charge in [0.15, 0.2) is 0 Å². The standard InChI is InChI=1S/C16H23NO/c18-12-16(17-15-6-2-1-3-7-15)10-4-5-14(11-16)13-8-9-13/h1-3,6-7,13-14,17-18H,4-5,8-12H2. The van der Waals surface area contributed by atoms with Crippen molar-refractivity contribution in [3.8, 4) is 0 Å². The molecule has 18 heavy (non-hydrogen) atoms. The molecule has 2 unspecified atom stereocenters. The zero-order valence-corrected chi connectivity index (χ0v) is 10.9. The van der Waals surface area contributed by atoms with E-state index in [9.17, 15) is 5.11 Å². The summed E-state index contributed by atoms with van der Waals surface area (Å²) in [5, 5.41) is 13.5. The van der Waals surface area contributed by atoms with E-state index in [1.54, 1.807) is 0 Å². The summed E-state index contributed by atoms with van der Waals surface area (Å²) in [5.41, 5.74) is 1.07. The Morgan fingerprint density at radius 2 is 1.89 bits per heavy atom. The fourth-order valence-corrected chi connectivity index (χ4v) is 3.50. The number of aliphatic hydroxyl groups is 1. The highest BCUT2D eigenvalue weighted by Gasteiger charge is 2.41. The average molecular weight is 245 g/mol. The van der Waals surface area contributed by atoms with Gasteiger partial charge in [0.1, 0.15) is 0 Å². The van der Waals surface area contributed by atoms with Gasteiger partial charge in [-0.25, -0.2) is 0 Å². The van der Waals surface area contributed by atoms with Gasteiger partial charge in [0.05, 0.1) is 12.1 Å². The molecule has 2 nitrogen and oxygen atoms in total. The van der Waals surface area contributed by atoms with Crippen LogP contribution in [0.2, 0.25) is 0 Å². The minimum absolute atomic E-state index is 0.0765. The highest BCUT2D eigenvalue weighted by atomic mass is 16.3. The summed E-state index contributed by atoms with van der Waals surface area (Å²) in [5.74, 6) is 1.79. The van der Waals surface area contributed by atoms with Gasteiger partial charge in [-0.15, -0.1) is 0 Å². The fourth-order valence-electron chi connectivity index (χ4n) is 3.50. The number of aliphatic hydroxyl groups excluding tert-OH is 1. The molecular formula is C16H23NO. The van der Waals surface area contributed by atoms with E-state index in [4.69, 9.17) is 0 Å². The Bertz CT molecular complexity index is 387. The molecule has 2 N–H and O–H groups in total. The van der Waals surface area contributed by atoms with Crippen LogP contribution in [0.15, 0.2) is 30.3 Å². The van der Waals surface area contributed by atoms with Crippen LogP contribution in [0.25, 0.3) is 0 Å². The van der Waals surface area contributed by atoms with Crippen LogP contribution in [0.1, 0.15) is 38.5 Å². The van der Waals surface area contributed by atoms with Crippen LogP contribution in [0.5, 0.6) is 0 Å². The number of para-hydroxylation sites is 1. The van der Waals surface area contributed by atoms with E-state index < -0.39 is 0 Å². The number of hydrogen-bond acceptors (Lipinski definition) is 2. The number of rotatable bonds is 4. The Morgan fingerprint density at radius 1 is 1.11 bits per heavy atom.